The van der Waals surface area contributed by atoms with Gasteiger partial charge in [0.25, 0.3) is 0 Å². The summed E-state index contributed by atoms with van der Waals surface area (Å²) in [4.78, 5) is 4.69. The van der Waals surface area contributed by atoms with Crippen LogP contribution < -0.4 is 10.1 Å². The molecule has 0 atom stereocenters. The Hall–Kier alpha value is -2.71. The van der Waals surface area contributed by atoms with E-state index in [1.165, 1.54) is 0 Å². The molecule has 2 aromatic carbocycles. The molecule has 4 nitrogen and oxygen atoms in total. The fourth-order valence-electron chi connectivity index (χ4n) is 2.71. The molecule has 0 fully saturated rings. The maximum absolute atomic E-state index is 9.78. The number of thioether (sulfide) groups is 1. The molecule has 0 unspecified atom stereocenters. The average Bonchev–Trinajstić information content (AvgIpc) is 2.63. The van der Waals surface area contributed by atoms with Crippen molar-refractivity contribution < 1.29 is 4.74 Å². The molecule has 25 heavy (non-hydrogen) atoms. The topological polar surface area (TPSA) is 57.9 Å². The predicted molar refractivity (Wildman–Crippen MR) is 104 cm³/mol. The number of ether oxygens (including phenoxy) is 1. The van der Waals surface area contributed by atoms with Crippen LogP contribution in [0.25, 0.3) is 10.9 Å². The van der Waals surface area contributed by atoms with Gasteiger partial charge in [0.1, 0.15) is 22.4 Å². The molecule has 0 saturated carbocycles. The monoisotopic (exact) mass is 349 g/mol. The second-order valence-electron chi connectivity index (χ2n) is 5.56. The van der Waals surface area contributed by atoms with Crippen LogP contribution in [-0.2, 0) is 0 Å². The first-order valence-corrected chi connectivity index (χ1v) is 9.03. The second kappa shape index (κ2) is 7.45. The molecule has 0 spiro atoms. The van der Waals surface area contributed by atoms with Gasteiger partial charge in [-0.15, -0.1) is 11.8 Å². The summed E-state index contributed by atoms with van der Waals surface area (Å²) in [5.74, 6) is 1.58. The Bertz CT molecular complexity index is 963. The highest BCUT2D eigenvalue weighted by Gasteiger charge is 2.17. The molecule has 1 N–H and O–H groups in total. The summed E-state index contributed by atoms with van der Waals surface area (Å²) in [7, 11) is 1.64. The van der Waals surface area contributed by atoms with Crippen molar-refractivity contribution in [2.24, 2.45) is 0 Å². The van der Waals surface area contributed by atoms with E-state index >= 15 is 0 Å². The van der Waals surface area contributed by atoms with Gasteiger partial charge in [-0.05, 0) is 36.9 Å². The van der Waals surface area contributed by atoms with Gasteiger partial charge in [0.15, 0.2) is 0 Å². The highest BCUT2D eigenvalue weighted by Crippen LogP contribution is 2.37. The molecule has 1 aromatic heterocycles. The van der Waals surface area contributed by atoms with Gasteiger partial charge in [-0.2, -0.15) is 5.26 Å². The molecular weight excluding hydrogens is 330 g/mol. The van der Waals surface area contributed by atoms with E-state index in [-0.39, 0.29) is 0 Å². The van der Waals surface area contributed by atoms with Gasteiger partial charge in [0.05, 0.1) is 24.0 Å². The Morgan fingerprint density at radius 1 is 1.24 bits per heavy atom. The van der Waals surface area contributed by atoms with Crippen molar-refractivity contribution in [3.8, 4) is 11.8 Å². The quantitative estimate of drug-likeness (QED) is 0.635. The molecule has 0 aliphatic carbocycles. The summed E-state index contributed by atoms with van der Waals surface area (Å²) in [6.45, 7) is 4.09. The van der Waals surface area contributed by atoms with E-state index in [0.717, 1.165) is 44.4 Å². The predicted octanol–water partition coefficient (Wildman–Crippen LogP) is 5.28. The fourth-order valence-corrected chi connectivity index (χ4v) is 3.44. The summed E-state index contributed by atoms with van der Waals surface area (Å²) in [5.41, 5.74) is 4.16. The van der Waals surface area contributed by atoms with Gasteiger partial charge in [-0.1, -0.05) is 30.7 Å². The Balaban J connectivity index is 2.26. The van der Waals surface area contributed by atoms with Crippen molar-refractivity contribution in [3.63, 3.8) is 0 Å². The standard InChI is InChI=1S/C20H19N3OS/c1-4-25-20-15(12-21)19(14-11-13(2)9-10-16(14)23-20)22-17-7-5-6-8-18(17)24-3/h5-11H,4H2,1-3H3,(H,22,23). The molecule has 0 aliphatic rings. The van der Waals surface area contributed by atoms with Crippen molar-refractivity contribution in [1.82, 2.24) is 4.98 Å². The third-order valence-corrected chi connectivity index (χ3v) is 4.72. The van der Waals surface area contributed by atoms with E-state index in [1.54, 1.807) is 18.9 Å². The molecule has 0 bridgehead atoms. The number of nitrogens with zero attached hydrogens (tertiary/aromatic N) is 2. The van der Waals surface area contributed by atoms with Gasteiger partial charge in [0.2, 0.25) is 0 Å². The number of methoxy groups -OCH3 is 1. The van der Waals surface area contributed by atoms with Crippen LogP contribution in [0.3, 0.4) is 0 Å². The van der Waals surface area contributed by atoms with E-state index in [4.69, 9.17) is 9.72 Å². The molecule has 0 saturated heterocycles. The van der Waals surface area contributed by atoms with Crippen LogP contribution in [0, 0.1) is 18.3 Å². The van der Waals surface area contributed by atoms with Crippen LogP contribution in [-0.4, -0.2) is 17.8 Å². The lowest BCUT2D eigenvalue weighted by atomic mass is 10.1. The number of benzene rings is 2. The van der Waals surface area contributed by atoms with E-state index in [1.807, 2.05) is 43.3 Å². The van der Waals surface area contributed by atoms with Crippen LogP contribution in [0.2, 0.25) is 0 Å². The largest absolute Gasteiger partial charge is 0.495 e. The van der Waals surface area contributed by atoms with Crippen LogP contribution in [0.5, 0.6) is 5.75 Å². The lowest BCUT2D eigenvalue weighted by Crippen LogP contribution is -2.01. The summed E-state index contributed by atoms with van der Waals surface area (Å²) >= 11 is 1.58. The Morgan fingerprint density at radius 3 is 2.76 bits per heavy atom. The first-order valence-electron chi connectivity index (χ1n) is 8.05. The Morgan fingerprint density at radius 2 is 2.04 bits per heavy atom. The van der Waals surface area contributed by atoms with Crippen LogP contribution in [0.15, 0.2) is 47.5 Å². The summed E-state index contributed by atoms with van der Waals surface area (Å²) < 4.78 is 5.44. The first-order chi connectivity index (χ1) is 12.2. The van der Waals surface area contributed by atoms with Crippen molar-refractivity contribution in [2.75, 3.05) is 18.2 Å². The van der Waals surface area contributed by atoms with E-state index < -0.39 is 0 Å². The second-order valence-corrected chi connectivity index (χ2v) is 6.81. The van der Waals surface area contributed by atoms with Gasteiger partial charge < -0.3 is 10.1 Å². The number of hydrogen-bond donors (Lipinski definition) is 1. The van der Waals surface area contributed by atoms with Gasteiger partial charge in [-0.3, -0.25) is 0 Å². The van der Waals surface area contributed by atoms with Crippen molar-refractivity contribution in [1.29, 1.82) is 5.26 Å². The number of anilines is 2. The number of nitrogens with one attached hydrogen (secondary N) is 1. The van der Waals surface area contributed by atoms with Crippen molar-refractivity contribution in [2.45, 2.75) is 18.9 Å². The molecule has 1 heterocycles. The Labute approximate surface area is 151 Å². The normalized spacial score (nSPS) is 10.5. The SMILES string of the molecule is CCSc1nc2ccc(C)cc2c(Nc2ccccc2OC)c1C#N. The van der Waals surface area contributed by atoms with Crippen LogP contribution in [0.1, 0.15) is 18.1 Å². The number of rotatable bonds is 5. The van der Waals surface area contributed by atoms with Crippen molar-refractivity contribution in [3.05, 3.63) is 53.6 Å². The number of para-hydroxylation sites is 2. The number of hydrogen-bond acceptors (Lipinski definition) is 5. The number of pyridine rings is 1. The zero-order valence-electron chi connectivity index (χ0n) is 14.5. The van der Waals surface area contributed by atoms with Gasteiger partial charge >= 0.3 is 0 Å². The van der Waals surface area contributed by atoms with E-state index in [0.29, 0.717) is 5.56 Å². The van der Waals surface area contributed by atoms with E-state index in [2.05, 4.69) is 24.4 Å². The lowest BCUT2D eigenvalue weighted by molar-refractivity contribution is 0.417. The average molecular weight is 349 g/mol. The number of aryl methyl sites for hydroxylation is 1. The number of fused-ring (bicyclic) bond motifs is 1. The molecule has 126 valence electrons. The number of nitriles is 1. The molecule has 5 heteroatoms. The first kappa shape index (κ1) is 17.1. The zero-order valence-corrected chi connectivity index (χ0v) is 15.3. The molecule has 3 aromatic rings. The lowest BCUT2D eigenvalue weighted by Gasteiger charge is -2.16. The Kier molecular flexibility index (Phi) is 5.11. The minimum absolute atomic E-state index is 0.566. The number of aromatic nitrogens is 1. The summed E-state index contributed by atoms with van der Waals surface area (Å²) in [6.07, 6.45) is 0. The highest BCUT2D eigenvalue weighted by atomic mass is 32.2. The van der Waals surface area contributed by atoms with Gasteiger partial charge in [-0.25, -0.2) is 4.98 Å². The minimum atomic E-state index is 0.566. The van der Waals surface area contributed by atoms with Gasteiger partial charge in [0, 0.05) is 5.39 Å². The van der Waals surface area contributed by atoms with Crippen LogP contribution in [0.4, 0.5) is 11.4 Å². The maximum atomic E-state index is 9.78. The smallest absolute Gasteiger partial charge is 0.142 e. The summed E-state index contributed by atoms with van der Waals surface area (Å²) in [6, 6.07) is 16.1. The summed E-state index contributed by atoms with van der Waals surface area (Å²) in [5, 5.41) is 14.9. The van der Waals surface area contributed by atoms with E-state index in [9.17, 15) is 5.26 Å². The molecule has 0 radical (unpaired) electrons. The third kappa shape index (κ3) is 3.40. The van der Waals surface area contributed by atoms with Crippen LogP contribution >= 0.6 is 11.8 Å². The molecule has 0 amide bonds. The highest BCUT2D eigenvalue weighted by molar-refractivity contribution is 7.99. The zero-order chi connectivity index (χ0) is 17.8. The molecular formula is C20H19N3OS. The minimum Gasteiger partial charge on any atom is -0.495 e. The molecule has 0 aliphatic heterocycles. The third-order valence-electron chi connectivity index (χ3n) is 3.87. The maximum Gasteiger partial charge on any atom is 0.142 e. The van der Waals surface area contributed by atoms with Crippen molar-refractivity contribution >= 4 is 34.0 Å². The molecule has 3 rings (SSSR count). The fraction of sp³-hybridized carbons (Fsp3) is 0.200.